The molecule has 0 aromatic rings. The van der Waals surface area contributed by atoms with Crippen molar-refractivity contribution < 1.29 is 22.7 Å². The van der Waals surface area contributed by atoms with Crippen LogP contribution in [0.15, 0.2) is 0 Å². The fourth-order valence-corrected chi connectivity index (χ4v) is 6.81. The van der Waals surface area contributed by atoms with Gasteiger partial charge < -0.3 is 9.16 Å². The summed E-state index contributed by atoms with van der Waals surface area (Å²) in [6.07, 6.45) is 5.16. The third-order valence-corrected chi connectivity index (χ3v) is 6.19. The van der Waals surface area contributed by atoms with Crippen molar-refractivity contribution in [2.45, 2.75) is 82.2 Å². The zero-order valence-corrected chi connectivity index (χ0v) is 14.9. The standard InChI is InChI=1S/C16H26F2O3Si/c1-14(17,18)13(19)20-15-6-11-5-12(7-15)9-16(8-11,10-15)21-22(2,3)4/h11-12H,5-10H2,1-4H3. The Morgan fingerprint density at radius 3 is 2.05 bits per heavy atom. The maximum Gasteiger partial charge on any atom is 0.377 e. The summed E-state index contributed by atoms with van der Waals surface area (Å²) in [5, 5.41) is 0. The first-order valence-corrected chi connectivity index (χ1v) is 11.6. The van der Waals surface area contributed by atoms with Gasteiger partial charge in [0.2, 0.25) is 0 Å². The zero-order valence-electron chi connectivity index (χ0n) is 13.9. The number of halogens is 2. The largest absolute Gasteiger partial charge is 0.455 e. The molecule has 0 aromatic carbocycles. The highest BCUT2D eigenvalue weighted by molar-refractivity contribution is 6.69. The molecule has 2 atom stereocenters. The van der Waals surface area contributed by atoms with Crippen LogP contribution in [0.2, 0.25) is 19.6 Å². The van der Waals surface area contributed by atoms with Gasteiger partial charge in [-0.2, -0.15) is 8.78 Å². The molecule has 4 rings (SSSR count). The Morgan fingerprint density at radius 1 is 1.09 bits per heavy atom. The first-order valence-electron chi connectivity index (χ1n) is 8.22. The van der Waals surface area contributed by atoms with Crippen LogP contribution in [-0.2, 0) is 14.0 Å². The van der Waals surface area contributed by atoms with E-state index in [9.17, 15) is 13.6 Å². The molecule has 4 aliphatic carbocycles. The van der Waals surface area contributed by atoms with Gasteiger partial charge in [-0.3, -0.25) is 0 Å². The zero-order chi connectivity index (χ0) is 16.4. The molecule has 4 aliphatic rings. The molecule has 0 amide bonds. The Kier molecular flexibility index (Phi) is 3.54. The van der Waals surface area contributed by atoms with Crippen LogP contribution >= 0.6 is 0 Å². The highest BCUT2D eigenvalue weighted by atomic mass is 28.4. The van der Waals surface area contributed by atoms with Crippen LogP contribution in [0.5, 0.6) is 0 Å². The smallest absolute Gasteiger partial charge is 0.377 e. The quantitative estimate of drug-likeness (QED) is 0.574. The van der Waals surface area contributed by atoms with Crippen molar-refractivity contribution in [2.24, 2.45) is 11.8 Å². The van der Waals surface area contributed by atoms with E-state index in [4.69, 9.17) is 9.16 Å². The molecule has 0 heterocycles. The maximum absolute atomic E-state index is 13.3. The summed E-state index contributed by atoms with van der Waals surface area (Å²) in [6, 6.07) is 0. The van der Waals surface area contributed by atoms with Gasteiger partial charge in [0.1, 0.15) is 5.60 Å². The van der Waals surface area contributed by atoms with E-state index in [2.05, 4.69) is 19.6 Å². The second kappa shape index (κ2) is 4.76. The first-order chi connectivity index (χ1) is 9.91. The van der Waals surface area contributed by atoms with Crippen molar-refractivity contribution in [3.05, 3.63) is 0 Å². The molecule has 0 aromatic heterocycles. The summed E-state index contributed by atoms with van der Waals surface area (Å²) in [4.78, 5) is 11.7. The van der Waals surface area contributed by atoms with Crippen molar-refractivity contribution in [3.8, 4) is 0 Å². The number of carbonyl (C=O) groups is 1. The highest BCUT2D eigenvalue weighted by Gasteiger charge is 2.61. The third-order valence-electron chi connectivity index (χ3n) is 5.14. The van der Waals surface area contributed by atoms with Crippen molar-refractivity contribution in [1.82, 2.24) is 0 Å². The summed E-state index contributed by atoms with van der Waals surface area (Å²) in [6.45, 7) is 7.09. The monoisotopic (exact) mass is 332 g/mol. The van der Waals surface area contributed by atoms with Gasteiger partial charge in [-0.25, -0.2) is 4.79 Å². The molecule has 0 spiro atoms. The minimum Gasteiger partial charge on any atom is -0.455 e. The lowest BCUT2D eigenvalue weighted by atomic mass is 9.52. The van der Waals surface area contributed by atoms with Crippen LogP contribution in [0.3, 0.4) is 0 Å². The van der Waals surface area contributed by atoms with Gasteiger partial charge in [0, 0.05) is 13.3 Å². The molecule has 0 saturated heterocycles. The first kappa shape index (κ1) is 16.4. The van der Waals surface area contributed by atoms with E-state index in [1.165, 1.54) is 0 Å². The van der Waals surface area contributed by atoms with Crippen molar-refractivity contribution in [1.29, 1.82) is 0 Å². The molecule has 6 heteroatoms. The Bertz CT molecular complexity index is 467. The Labute approximate surface area is 131 Å². The van der Waals surface area contributed by atoms with E-state index in [0.29, 0.717) is 25.2 Å². The molecule has 0 radical (unpaired) electrons. The Balaban J connectivity index is 1.83. The lowest BCUT2D eigenvalue weighted by molar-refractivity contribution is -0.229. The number of hydrogen-bond acceptors (Lipinski definition) is 3. The van der Waals surface area contributed by atoms with E-state index in [0.717, 1.165) is 32.1 Å². The number of esters is 1. The molecule has 22 heavy (non-hydrogen) atoms. The number of alkyl halides is 2. The lowest BCUT2D eigenvalue weighted by Gasteiger charge is -2.62. The van der Waals surface area contributed by atoms with Crippen LogP contribution in [0.4, 0.5) is 8.78 Å². The second-order valence-electron chi connectivity index (χ2n) is 8.82. The van der Waals surface area contributed by atoms with E-state index in [1.807, 2.05) is 0 Å². The molecular weight excluding hydrogens is 306 g/mol. The number of hydrogen-bond donors (Lipinski definition) is 0. The molecule has 2 unspecified atom stereocenters. The van der Waals surface area contributed by atoms with Crippen LogP contribution < -0.4 is 0 Å². The number of rotatable bonds is 4. The van der Waals surface area contributed by atoms with E-state index < -0.39 is 25.8 Å². The highest BCUT2D eigenvalue weighted by Crippen LogP contribution is 2.60. The summed E-state index contributed by atoms with van der Waals surface area (Å²) in [5.41, 5.74) is -0.974. The van der Waals surface area contributed by atoms with Gasteiger partial charge in [-0.1, -0.05) is 0 Å². The number of carbonyl (C=O) groups excluding carboxylic acids is 1. The average Bonchev–Trinajstić information content (AvgIpc) is 2.20. The minimum absolute atomic E-state index is 0.252. The molecule has 4 saturated carbocycles. The maximum atomic E-state index is 13.3. The fraction of sp³-hybridized carbons (Fsp3) is 0.938. The third kappa shape index (κ3) is 3.09. The fourth-order valence-electron chi connectivity index (χ4n) is 5.27. The SMILES string of the molecule is CC(F)(F)C(=O)OC12CC3CC(C1)CC(O[Si](C)(C)C)(C3)C2. The molecular formula is C16H26F2O3Si. The Hall–Kier alpha value is -0.493. The molecule has 126 valence electrons. The van der Waals surface area contributed by atoms with Gasteiger partial charge in [0.05, 0.1) is 5.60 Å². The van der Waals surface area contributed by atoms with Crippen molar-refractivity contribution in [2.75, 3.05) is 0 Å². The van der Waals surface area contributed by atoms with Crippen LogP contribution in [-0.4, -0.2) is 31.4 Å². The molecule has 4 bridgehead atoms. The number of ether oxygens (including phenoxy) is 1. The summed E-state index contributed by atoms with van der Waals surface area (Å²) in [5.74, 6) is -3.92. The molecule has 4 fully saturated rings. The molecule has 3 nitrogen and oxygen atoms in total. The minimum atomic E-state index is -3.42. The van der Waals surface area contributed by atoms with E-state index in [-0.39, 0.29) is 5.60 Å². The lowest BCUT2D eigenvalue weighted by Crippen LogP contribution is -2.63. The summed E-state index contributed by atoms with van der Waals surface area (Å²) in [7, 11) is -1.74. The molecule has 0 N–H and O–H groups in total. The van der Waals surface area contributed by atoms with Gasteiger partial charge in [-0.15, -0.1) is 0 Å². The average molecular weight is 332 g/mol. The van der Waals surface area contributed by atoms with Gasteiger partial charge >= 0.3 is 11.9 Å². The molecule has 0 aliphatic heterocycles. The van der Waals surface area contributed by atoms with Crippen molar-refractivity contribution in [3.63, 3.8) is 0 Å². The summed E-state index contributed by atoms with van der Waals surface area (Å²) >= 11 is 0. The normalized spacial score (nSPS) is 40.8. The van der Waals surface area contributed by atoms with E-state index in [1.54, 1.807) is 0 Å². The van der Waals surface area contributed by atoms with E-state index >= 15 is 0 Å². The topological polar surface area (TPSA) is 35.5 Å². The summed E-state index contributed by atoms with van der Waals surface area (Å²) < 4.78 is 38.4. The Morgan fingerprint density at radius 2 is 1.59 bits per heavy atom. The van der Waals surface area contributed by atoms with Gasteiger partial charge in [-0.05, 0) is 63.6 Å². The predicted octanol–water partition coefficient (Wildman–Crippen LogP) is 4.13. The second-order valence-corrected chi connectivity index (χ2v) is 13.2. The van der Waals surface area contributed by atoms with Crippen LogP contribution in [0.25, 0.3) is 0 Å². The predicted molar refractivity (Wildman–Crippen MR) is 81.3 cm³/mol. The van der Waals surface area contributed by atoms with Crippen LogP contribution in [0.1, 0.15) is 45.4 Å². The van der Waals surface area contributed by atoms with Crippen LogP contribution in [0, 0.1) is 11.8 Å². The van der Waals surface area contributed by atoms with Gasteiger partial charge in [0.25, 0.3) is 0 Å². The van der Waals surface area contributed by atoms with Gasteiger partial charge in [0.15, 0.2) is 8.32 Å². The van der Waals surface area contributed by atoms with Crippen molar-refractivity contribution >= 4 is 14.3 Å².